The largest absolute Gasteiger partial charge is 0.494 e. The van der Waals surface area contributed by atoms with Crippen molar-refractivity contribution in [3.8, 4) is 5.75 Å². The fourth-order valence-electron chi connectivity index (χ4n) is 1.52. The molecule has 0 aliphatic heterocycles. The van der Waals surface area contributed by atoms with Crippen molar-refractivity contribution in [2.45, 2.75) is 32.6 Å². The zero-order valence-corrected chi connectivity index (χ0v) is 10.9. The summed E-state index contributed by atoms with van der Waals surface area (Å²) in [6.07, 6.45) is 5.04. The number of alkyl halides is 1. The number of hydrogen-bond acceptors (Lipinski definition) is 1. The minimum Gasteiger partial charge on any atom is -0.494 e. The molecule has 0 atom stereocenters. The summed E-state index contributed by atoms with van der Waals surface area (Å²) in [6.45, 7) is 2.75. The van der Waals surface area contributed by atoms with Gasteiger partial charge in [-0.15, -0.1) is 0 Å². The topological polar surface area (TPSA) is 9.23 Å². The molecular weight excluding hydrogens is 252 g/mol. The molecule has 0 aliphatic rings. The molecule has 0 N–H and O–H groups in total. The Morgan fingerprint density at radius 2 is 1.80 bits per heavy atom. The van der Waals surface area contributed by atoms with Crippen LogP contribution in [0.1, 0.15) is 31.7 Å². The molecule has 2 heteroatoms. The Labute approximate surface area is 101 Å². The second-order valence-corrected chi connectivity index (χ2v) is 4.37. The summed E-state index contributed by atoms with van der Waals surface area (Å²) in [6, 6.07) is 8.45. The summed E-state index contributed by atoms with van der Waals surface area (Å²) in [5.74, 6) is 0.974. The summed E-state index contributed by atoms with van der Waals surface area (Å²) >= 11 is 3.45. The SMILES string of the molecule is CCOc1ccc(CCCCCBr)cc1. The highest BCUT2D eigenvalue weighted by Crippen LogP contribution is 2.14. The smallest absolute Gasteiger partial charge is 0.119 e. The molecule has 0 saturated carbocycles. The van der Waals surface area contributed by atoms with Crippen molar-refractivity contribution >= 4 is 15.9 Å². The molecule has 0 unspecified atom stereocenters. The number of aryl methyl sites for hydroxylation is 1. The Balaban J connectivity index is 2.29. The lowest BCUT2D eigenvalue weighted by Gasteiger charge is -2.04. The van der Waals surface area contributed by atoms with Crippen LogP contribution in [0.2, 0.25) is 0 Å². The Morgan fingerprint density at radius 1 is 1.07 bits per heavy atom. The molecule has 0 aliphatic carbocycles. The normalized spacial score (nSPS) is 10.3. The average Bonchev–Trinajstić information content (AvgIpc) is 2.27. The Hall–Kier alpha value is -0.500. The zero-order valence-electron chi connectivity index (χ0n) is 9.34. The fraction of sp³-hybridized carbons (Fsp3) is 0.538. The predicted octanol–water partition coefficient (Wildman–Crippen LogP) is 4.19. The van der Waals surface area contributed by atoms with Gasteiger partial charge >= 0.3 is 0 Å². The zero-order chi connectivity index (χ0) is 10.9. The maximum absolute atomic E-state index is 5.40. The highest BCUT2D eigenvalue weighted by atomic mass is 79.9. The van der Waals surface area contributed by atoms with Gasteiger partial charge in [-0.1, -0.05) is 34.5 Å². The Bertz CT molecular complexity index is 256. The van der Waals surface area contributed by atoms with Gasteiger partial charge in [-0.3, -0.25) is 0 Å². The first kappa shape index (κ1) is 12.6. The second kappa shape index (κ2) is 7.75. The van der Waals surface area contributed by atoms with Gasteiger partial charge in [0.15, 0.2) is 0 Å². The van der Waals surface area contributed by atoms with Crippen molar-refractivity contribution in [1.82, 2.24) is 0 Å². The third-order valence-corrected chi connectivity index (χ3v) is 2.89. The molecule has 15 heavy (non-hydrogen) atoms. The minimum absolute atomic E-state index is 0.741. The van der Waals surface area contributed by atoms with Gasteiger partial charge in [0.1, 0.15) is 5.75 Å². The van der Waals surface area contributed by atoms with Gasteiger partial charge < -0.3 is 4.74 Å². The number of benzene rings is 1. The molecule has 0 spiro atoms. The van der Waals surface area contributed by atoms with Gasteiger partial charge in [0.2, 0.25) is 0 Å². The van der Waals surface area contributed by atoms with Crippen molar-refractivity contribution < 1.29 is 4.74 Å². The van der Waals surface area contributed by atoms with Crippen LogP contribution in [-0.2, 0) is 6.42 Å². The molecule has 84 valence electrons. The lowest BCUT2D eigenvalue weighted by atomic mass is 10.1. The number of hydrogen-bond donors (Lipinski definition) is 0. The number of ether oxygens (including phenoxy) is 1. The molecule has 0 heterocycles. The number of rotatable bonds is 7. The quantitative estimate of drug-likeness (QED) is 0.533. The van der Waals surface area contributed by atoms with Gasteiger partial charge in [0.05, 0.1) is 6.61 Å². The van der Waals surface area contributed by atoms with Crippen LogP contribution in [0.4, 0.5) is 0 Å². The van der Waals surface area contributed by atoms with E-state index in [1.807, 2.05) is 6.92 Å². The van der Waals surface area contributed by atoms with Crippen LogP contribution in [0.3, 0.4) is 0 Å². The number of unbranched alkanes of at least 4 members (excludes halogenated alkanes) is 2. The van der Waals surface area contributed by atoms with Crippen molar-refractivity contribution in [3.05, 3.63) is 29.8 Å². The van der Waals surface area contributed by atoms with Crippen LogP contribution in [-0.4, -0.2) is 11.9 Å². The summed E-state index contributed by atoms with van der Waals surface area (Å²) in [7, 11) is 0. The van der Waals surface area contributed by atoms with E-state index in [-0.39, 0.29) is 0 Å². The van der Waals surface area contributed by atoms with Crippen molar-refractivity contribution in [2.24, 2.45) is 0 Å². The van der Waals surface area contributed by atoms with E-state index < -0.39 is 0 Å². The summed E-state index contributed by atoms with van der Waals surface area (Å²) < 4.78 is 5.40. The molecule has 1 aromatic rings. The molecular formula is C13H19BrO. The molecule has 1 rings (SSSR count). The molecule has 0 aromatic heterocycles. The van der Waals surface area contributed by atoms with Crippen LogP contribution < -0.4 is 4.74 Å². The predicted molar refractivity (Wildman–Crippen MR) is 69.0 cm³/mol. The Kier molecular flexibility index (Phi) is 6.49. The monoisotopic (exact) mass is 270 g/mol. The van der Waals surface area contributed by atoms with Gasteiger partial charge in [-0.05, 0) is 43.9 Å². The summed E-state index contributed by atoms with van der Waals surface area (Å²) in [5.41, 5.74) is 1.41. The lowest BCUT2D eigenvalue weighted by Crippen LogP contribution is -1.92. The molecule has 0 radical (unpaired) electrons. The van der Waals surface area contributed by atoms with Crippen molar-refractivity contribution in [3.63, 3.8) is 0 Å². The molecule has 0 amide bonds. The van der Waals surface area contributed by atoms with Crippen LogP contribution in [0.25, 0.3) is 0 Å². The van der Waals surface area contributed by atoms with Crippen LogP contribution >= 0.6 is 15.9 Å². The molecule has 0 fully saturated rings. The van der Waals surface area contributed by atoms with Crippen LogP contribution in [0.5, 0.6) is 5.75 Å². The van der Waals surface area contributed by atoms with E-state index in [0.29, 0.717) is 0 Å². The third kappa shape index (κ3) is 5.22. The standard InChI is InChI=1S/C13H19BrO/c1-2-15-13-9-7-12(8-10-13)6-4-3-5-11-14/h7-10H,2-6,11H2,1H3. The summed E-state index contributed by atoms with van der Waals surface area (Å²) in [4.78, 5) is 0. The molecule has 1 aromatic carbocycles. The van der Waals surface area contributed by atoms with Crippen LogP contribution in [0, 0.1) is 0 Å². The van der Waals surface area contributed by atoms with E-state index in [4.69, 9.17) is 4.74 Å². The highest BCUT2D eigenvalue weighted by molar-refractivity contribution is 9.09. The first-order chi connectivity index (χ1) is 7.36. The van der Waals surface area contributed by atoms with Gasteiger partial charge in [0, 0.05) is 5.33 Å². The maximum atomic E-state index is 5.40. The second-order valence-electron chi connectivity index (χ2n) is 3.58. The van der Waals surface area contributed by atoms with Crippen molar-refractivity contribution in [2.75, 3.05) is 11.9 Å². The first-order valence-electron chi connectivity index (χ1n) is 5.64. The van der Waals surface area contributed by atoms with E-state index in [2.05, 4.69) is 40.2 Å². The lowest BCUT2D eigenvalue weighted by molar-refractivity contribution is 0.340. The van der Waals surface area contributed by atoms with E-state index in [0.717, 1.165) is 17.7 Å². The summed E-state index contributed by atoms with van der Waals surface area (Å²) in [5, 5.41) is 1.12. The van der Waals surface area contributed by atoms with Gasteiger partial charge in [0.25, 0.3) is 0 Å². The third-order valence-electron chi connectivity index (χ3n) is 2.33. The Morgan fingerprint density at radius 3 is 2.40 bits per heavy atom. The molecule has 1 nitrogen and oxygen atoms in total. The molecule has 0 bridgehead atoms. The van der Waals surface area contributed by atoms with E-state index in [1.54, 1.807) is 0 Å². The van der Waals surface area contributed by atoms with E-state index in [9.17, 15) is 0 Å². The minimum atomic E-state index is 0.741. The fourth-order valence-corrected chi connectivity index (χ4v) is 1.92. The number of halogens is 1. The van der Waals surface area contributed by atoms with E-state index >= 15 is 0 Å². The van der Waals surface area contributed by atoms with Gasteiger partial charge in [-0.25, -0.2) is 0 Å². The van der Waals surface area contributed by atoms with Crippen LogP contribution in [0.15, 0.2) is 24.3 Å². The van der Waals surface area contributed by atoms with Crippen molar-refractivity contribution in [1.29, 1.82) is 0 Å². The highest BCUT2D eigenvalue weighted by Gasteiger charge is 1.95. The maximum Gasteiger partial charge on any atom is 0.119 e. The molecule has 0 saturated heterocycles. The average molecular weight is 271 g/mol. The van der Waals surface area contributed by atoms with E-state index in [1.165, 1.54) is 31.2 Å². The first-order valence-corrected chi connectivity index (χ1v) is 6.76. The van der Waals surface area contributed by atoms with Gasteiger partial charge in [-0.2, -0.15) is 0 Å².